The van der Waals surface area contributed by atoms with E-state index in [-0.39, 0.29) is 23.1 Å². The molecule has 1 heterocycles. The Labute approximate surface area is 191 Å². The maximum atomic E-state index is 12.7. The molecule has 8 heteroatoms. The largest absolute Gasteiger partial charge is 0.452 e. The number of hydrogen-bond donors (Lipinski definition) is 1. The number of nitrogens with one attached hydrogen (secondary N) is 1. The Balaban J connectivity index is 1.70. The predicted octanol–water partition coefficient (Wildman–Crippen LogP) is 3.83. The number of esters is 1. The van der Waals surface area contributed by atoms with Gasteiger partial charge >= 0.3 is 5.97 Å². The van der Waals surface area contributed by atoms with Crippen LogP contribution in [0.1, 0.15) is 54.5 Å². The smallest absolute Gasteiger partial charge is 0.359 e. The van der Waals surface area contributed by atoms with Crippen molar-refractivity contribution in [3.8, 4) is 0 Å². The lowest BCUT2D eigenvalue weighted by molar-refractivity contribution is -0.116. The number of aromatic nitrogens is 2. The molecule has 0 radical (unpaired) electrons. The van der Waals surface area contributed by atoms with Crippen molar-refractivity contribution in [1.29, 1.82) is 0 Å². The van der Waals surface area contributed by atoms with Crippen LogP contribution in [-0.2, 0) is 16.1 Å². The summed E-state index contributed by atoms with van der Waals surface area (Å²) in [6.45, 7) is 5.71. The van der Waals surface area contributed by atoms with Crippen molar-refractivity contribution in [2.75, 3.05) is 11.9 Å². The highest BCUT2D eigenvalue weighted by Gasteiger charge is 2.19. The van der Waals surface area contributed by atoms with Gasteiger partial charge < -0.3 is 10.1 Å². The van der Waals surface area contributed by atoms with Crippen molar-refractivity contribution in [2.24, 2.45) is 5.92 Å². The topological polar surface area (TPSA) is 107 Å². The molecule has 0 aliphatic carbocycles. The Kier molecular flexibility index (Phi) is 7.71. The van der Waals surface area contributed by atoms with Crippen molar-refractivity contribution < 1.29 is 19.1 Å². The third kappa shape index (κ3) is 5.91. The van der Waals surface area contributed by atoms with Crippen LogP contribution in [0.15, 0.2) is 53.3 Å². The fourth-order valence-electron chi connectivity index (χ4n) is 3.35. The molecule has 0 saturated carbocycles. The van der Waals surface area contributed by atoms with Crippen LogP contribution in [0.4, 0.5) is 5.69 Å². The van der Waals surface area contributed by atoms with Gasteiger partial charge in [0, 0.05) is 29.6 Å². The highest BCUT2D eigenvalue weighted by molar-refractivity contribution is 6.04. The van der Waals surface area contributed by atoms with Crippen LogP contribution in [0.5, 0.6) is 0 Å². The van der Waals surface area contributed by atoms with Crippen LogP contribution < -0.4 is 10.9 Å². The van der Waals surface area contributed by atoms with E-state index in [4.69, 9.17) is 4.74 Å². The van der Waals surface area contributed by atoms with E-state index >= 15 is 0 Å². The molecule has 3 aromatic rings. The van der Waals surface area contributed by atoms with Gasteiger partial charge in [0.15, 0.2) is 18.1 Å². The van der Waals surface area contributed by atoms with Crippen molar-refractivity contribution in [1.82, 2.24) is 9.78 Å². The molecule has 0 spiro atoms. The fourth-order valence-corrected chi connectivity index (χ4v) is 3.35. The maximum absolute atomic E-state index is 12.7. The number of carbonyl (C=O) groups is 3. The molecule has 0 aliphatic rings. The summed E-state index contributed by atoms with van der Waals surface area (Å²) in [5.41, 5.74) is 0.650. The van der Waals surface area contributed by atoms with E-state index in [1.165, 1.54) is 4.68 Å². The van der Waals surface area contributed by atoms with Crippen molar-refractivity contribution in [2.45, 2.75) is 40.2 Å². The first-order chi connectivity index (χ1) is 15.8. The molecule has 8 nitrogen and oxygen atoms in total. The van der Waals surface area contributed by atoms with E-state index in [2.05, 4.69) is 10.4 Å². The molecular weight excluding hydrogens is 422 g/mol. The summed E-state index contributed by atoms with van der Waals surface area (Å²) in [6, 6.07) is 13.1. The van der Waals surface area contributed by atoms with Crippen LogP contribution in [0.3, 0.4) is 0 Å². The average molecular weight is 450 g/mol. The molecular formula is C25H27N3O5. The minimum absolute atomic E-state index is 0.00494. The number of Topliss-reactive ketones (excluding diaryl/α,β-unsaturated/α-hetero) is 1. The van der Waals surface area contributed by atoms with Gasteiger partial charge in [-0.25, -0.2) is 9.48 Å². The number of benzene rings is 2. The van der Waals surface area contributed by atoms with Crippen molar-refractivity contribution in [3.63, 3.8) is 0 Å². The van der Waals surface area contributed by atoms with Gasteiger partial charge in [-0.05, 0) is 42.7 Å². The lowest BCUT2D eigenvalue weighted by Gasteiger charge is -2.10. The number of rotatable bonds is 9. The summed E-state index contributed by atoms with van der Waals surface area (Å²) >= 11 is 0. The van der Waals surface area contributed by atoms with E-state index in [0.29, 0.717) is 41.4 Å². The molecule has 0 atom stereocenters. The van der Waals surface area contributed by atoms with Gasteiger partial charge in [0.2, 0.25) is 5.91 Å². The Morgan fingerprint density at radius 3 is 2.33 bits per heavy atom. The van der Waals surface area contributed by atoms with Crippen molar-refractivity contribution >= 4 is 34.1 Å². The molecule has 0 unspecified atom stereocenters. The second kappa shape index (κ2) is 10.7. The standard InChI is InChI=1S/C25H27N3O5/c1-4-13-28-24(31)20-8-6-5-7-19(20)23(27-28)25(32)33-15-21(29)17-9-11-18(12-10-17)26-22(30)14-16(2)3/h5-12,16H,4,13-15H2,1-3H3,(H,26,30). The summed E-state index contributed by atoms with van der Waals surface area (Å²) in [6.07, 6.45) is 1.08. The van der Waals surface area contributed by atoms with Crippen LogP contribution in [-0.4, -0.2) is 34.0 Å². The monoisotopic (exact) mass is 449 g/mol. The van der Waals surface area contributed by atoms with Crippen LogP contribution >= 0.6 is 0 Å². The zero-order valence-corrected chi connectivity index (χ0v) is 19.0. The Morgan fingerprint density at radius 1 is 1.03 bits per heavy atom. The Morgan fingerprint density at radius 2 is 1.70 bits per heavy atom. The molecule has 0 aliphatic heterocycles. The zero-order valence-electron chi connectivity index (χ0n) is 19.0. The maximum Gasteiger partial charge on any atom is 0.359 e. The highest BCUT2D eigenvalue weighted by Crippen LogP contribution is 2.16. The average Bonchev–Trinajstić information content (AvgIpc) is 2.79. The first kappa shape index (κ1) is 23.8. The number of anilines is 1. The van der Waals surface area contributed by atoms with Gasteiger partial charge in [-0.1, -0.05) is 39.0 Å². The van der Waals surface area contributed by atoms with Crippen molar-refractivity contribution in [3.05, 3.63) is 70.1 Å². The van der Waals surface area contributed by atoms with E-state index in [1.807, 2.05) is 20.8 Å². The fraction of sp³-hybridized carbons (Fsp3) is 0.320. The number of aryl methyl sites for hydroxylation is 1. The van der Waals surface area contributed by atoms with Gasteiger partial charge in [-0.15, -0.1) is 0 Å². The second-order valence-electron chi connectivity index (χ2n) is 8.15. The van der Waals surface area contributed by atoms with Crippen LogP contribution in [0, 0.1) is 5.92 Å². The number of nitrogens with zero attached hydrogens (tertiary/aromatic N) is 2. The van der Waals surface area contributed by atoms with E-state index in [0.717, 1.165) is 0 Å². The summed E-state index contributed by atoms with van der Waals surface area (Å²) in [5, 5.41) is 7.71. The third-order valence-corrected chi connectivity index (χ3v) is 4.92. The number of carbonyl (C=O) groups excluding carboxylic acids is 3. The normalized spacial score (nSPS) is 10.9. The first-order valence-electron chi connectivity index (χ1n) is 10.9. The molecule has 1 N–H and O–H groups in total. The van der Waals surface area contributed by atoms with Gasteiger partial charge in [-0.3, -0.25) is 14.4 Å². The van der Waals surface area contributed by atoms with Gasteiger partial charge in [-0.2, -0.15) is 5.10 Å². The zero-order chi connectivity index (χ0) is 24.0. The molecule has 3 rings (SSSR count). The van der Waals surface area contributed by atoms with Crippen LogP contribution in [0.25, 0.3) is 10.8 Å². The van der Waals surface area contributed by atoms with E-state index in [9.17, 15) is 19.2 Å². The third-order valence-electron chi connectivity index (χ3n) is 4.92. The number of ketones is 1. The molecule has 172 valence electrons. The number of ether oxygens (including phenoxy) is 1. The summed E-state index contributed by atoms with van der Waals surface area (Å²) in [7, 11) is 0. The molecule has 33 heavy (non-hydrogen) atoms. The molecule has 2 aromatic carbocycles. The van der Waals surface area contributed by atoms with Gasteiger partial charge in [0.1, 0.15) is 0 Å². The minimum atomic E-state index is -0.776. The Hall–Kier alpha value is -3.81. The van der Waals surface area contributed by atoms with Crippen LogP contribution in [0.2, 0.25) is 0 Å². The van der Waals surface area contributed by atoms with E-state index in [1.54, 1.807) is 48.5 Å². The second-order valence-corrected chi connectivity index (χ2v) is 8.15. The molecule has 1 aromatic heterocycles. The lowest BCUT2D eigenvalue weighted by Crippen LogP contribution is -2.27. The number of fused-ring (bicyclic) bond motifs is 1. The van der Waals surface area contributed by atoms with E-state index < -0.39 is 18.4 Å². The van der Waals surface area contributed by atoms with Gasteiger partial charge in [0.25, 0.3) is 5.56 Å². The summed E-state index contributed by atoms with van der Waals surface area (Å²) in [4.78, 5) is 49.7. The highest BCUT2D eigenvalue weighted by atomic mass is 16.5. The summed E-state index contributed by atoms with van der Waals surface area (Å²) in [5.74, 6) is -1.02. The SMILES string of the molecule is CCCn1nc(C(=O)OCC(=O)c2ccc(NC(=O)CC(C)C)cc2)c2ccccc2c1=O. The molecule has 0 fully saturated rings. The minimum Gasteiger partial charge on any atom is -0.452 e. The molecule has 1 amide bonds. The molecule has 0 bridgehead atoms. The lowest BCUT2D eigenvalue weighted by atomic mass is 10.1. The quantitative estimate of drug-likeness (QED) is 0.393. The predicted molar refractivity (Wildman–Crippen MR) is 125 cm³/mol. The first-order valence-corrected chi connectivity index (χ1v) is 10.9. The Bertz CT molecular complexity index is 1230. The number of hydrogen-bond acceptors (Lipinski definition) is 6. The summed E-state index contributed by atoms with van der Waals surface area (Å²) < 4.78 is 6.47. The number of amides is 1. The van der Waals surface area contributed by atoms with Gasteiger partial charge in [0.05, 0.1) is 5.39 Å². The molecule has 0 saturated heterocycles.